The van der Waals surface area contributed by atoms with Gasteiger partial charge in [-0.25, -0.2) is 0 Å². The molecule has 0 unspecified atom stereocenters. The van der Waals surface area contributed by atoms with Crippen LogP contribution in [0, 0.1) is 0 Å². The Labute approximate surface area is 81.8 Å². The number of aromatic nitrogens is 2. The zero-order chi connectivity index (χ0) is 9.68. The first-order chi connectivity index (χ1) is 6.20. The van der Waals surface area contributed by atoms with Crippen molar-refractivity contribution in [2.24, 2.45) is 7.05 Å². The highest BCUT2D eigenvalue weighted by Gasteiger charge is 1.92. The maximum Gasteiger partial charge on any atom is 0.186 e. The molecule has 1 aromatic heterocycles. The lowest BCUT2D eigenvalue weighted by atomic mass is 10.4. The predicted octanol–water partition coefficient (Wildman–Crippen LogP) is 1.71. The number of rotatable bonds is 3. The number of nitrogens with zero attached hydrogens (tertiary/aromatic N) is 2. The molecule has 0 aliphatic heterocycles. The maximum absolute atomic E-state index is 10.6. The molecule has 1 heterocycles. The van der Waals surface area contributed by atoms with E-state index in [9.17, 15) is 4.79 Å². The first-order valence-corrected chi connectivity index (χ1v) is 4.96. The van der Waals surface area contributed by atoms with Crippen molar-refractivity contribution in [3.8, 4) is 0 Å². The summed E-state index contributed by atoms with van der Waals surface area (Å²) in [6.45, 7) is 1.57. The second-order valence-electron chi connectivity index (χ2n) is 2.58. The number of hydrogen-bond acceptors (Lipinski definition) is 3. The Morgan fingerprint density at radius 1 is 1.77 bits per heavy atom. The smallest absolute Gasteiger partial charge is 0.186 e. The van der Waals surface area contributed by atoms with Crippen LogP contribution in [0.2, 0.25) is 0 Å². The van der Waals surface area contributed by atoms with Crippen LogP contribution in [0.5, 0.6) is 0 Å². The average molecular weight is 196 g/mol. The van der Waals surface area contributed by atoms with Crippen molar-refractivity contribution in [1.29, 1.82) is 0 Å². The topological polar surface area (TPSA) is 34.9 Å². The number of thioether (sulfide) groups is 1. The van der Waals surface area contributed by atoms with Crippen molar-refractivity contribution in [1.82, 2.24) is 9.78 Å². The molecule has 0 saturated carbocycles. The van der Waals surface area contributed by atoms with Gasteiger partial charge in [-0.1, -0.05) is 17.8 Å². The van der Waals surface area contributed by atoms with Crippen LogP contribution in [0.1, 0.15) is 12.6 Å². The van der Waals surface area contributed by atoms with Gasteiger partial charge in [-0.2, -0.15) is 5.10 Å². The Kier molecular flexibility index (Phi) is 3.76. The van der Waals surface area contributed by atoms with Gasteiger partial charge in [0, 0.05) is 25.9 Å². The van der Waals surface area contributed by atoms with E-state index in [-0.39, 0.29) is 5.12 Å². The fourth-order valence-corrected chi connectivity index (χ4v) is 1.31. The van der Waals surface area contributed by atoms with Crippen molar-refractivity contribution in [3.63, 3.8) is 0 Å². The summed E-state index contributed by atoms with van der Waals surface area (Å²) >= 11 is 1.30. The van der Waals surface area contributed by atoms with E-state index in [0.717, 1.165) is 11.4 Å². The van der Waals surface area contributed by atoms with Crippen LogP contribution in [0.3, 0.4) is 0 Å². The quantitative estimate of drug-likeness (QED) is 0.738. The molecule has 0 fully saturated rings. The minimum atomic E-state index is 0.148. The van der Waals surface area contributed by atoms with E-state index in [1.807, 2.05) is 25.3 Å². The van der Waals surface area contributed by atoms with E-state index in [2.05, 4.69) is 5.10 Å². The molecule has 4 heteroatoms. The molecule has 0 saturated heterocycles. The summed E-state index contributed by atoms with van der Waals surface area (Å²) in [5.41, 5.74) is 1.05. The molecule has 70 valence electrons. The summed E-state index contributed by atoms with van der Waals surface area (Å²) in [5.74, 6) is 0.723. The normalized spacial score (nSPS) is 10.9. The fourth-order valence-electron chi connectivity index (χ4n) is 0.882. The Hall–Kier alpha value is -1.03. The summed E-state index contributed by atoms with van der Waals surface area (Å²) in [6, 6.07) is 1.93. The summed E-state index contributed by atoms with van der Waals surface area (Å²) in [5, 5.41) is 4.17. The monoisotopic (exact) mass is 196 g/mol. The van der Waals surface area contributed by atoms with Crippen molar-refractivity contribution in [3.05, 3.63) is 24.0 Å². The third-order valence-electron chi connectivity index (χ3n) is 1.53. The molecule has 0 aliphatic carbocycles. The number of hydrogen-bond donors (Lipinski definition) is 0. The SMILES string of the molecule is CC(=O)SCC=Cc1ccnn1C. The molecule has 1 aromatic rings. The lowest BCUT2D eigenvalue weighted by Crippen LogP contribution is -1.92. The minimum Gasteiger partial charge on any atom is -0.288 e. The average Bonchev–Trinajstić information content (AvgIpc) is 2.45. The van der Waals surface area contributed by atoms with Crippen molar-refractivity contribution >= 4 is 23.0 Å². The maximum atomic E-state index is 10.6. The molecular formula is C9H12N2OS. The molecule has 0 radical (unpaired) electrons. The molecule has 0 atom stereocenters. The van der Waals surface area contributed by atoms with Crippen LogP contribution in [0.25, 0.3) is 6.08 Å². The molecule has 13 heavy (non-hydrogen) atoms. The lowest BCUT2D eigenvalue weighted by molar-refractivity contribution is -0.109. The van der Waals surface area contributed by atoms with Crippen molar-refractivity contribution in [2.75, 3.05) is 5.75 Å². The van der Waals surface area contributed by atoms with Gasteiger partial charge in [0.1, 0.15) is 0 Å². The summed E-state index contributed by atoms with van der Waals surface area (Å²) in [7, 11) is 1.89. The number of aryl methyl sites for hydroxylation is 1. The summed E-state index contributed by atoms with van der Waals surface area (Å²) in [6.07, 6.45) is 5.67. The van der Waals surface area contributed by atoms with Gasteiger partial charge < -0.3 is 0 Å². The molecule has 0 N–H and O–H groups in total. The first kappa shape index (κ1) is 10.1. The fraction of sp³-hybridized carbons (Fsp3) is 0.333. The van der Waals surface area contributed by atoms with Gasteiger partial charge in [0.25, 0.3) is 0 Å². The largest absolute Gasteiger partial charge is 0.288 e. The van der Waals surface area contributed by atoms with Crippen LogP contribution in [-0.4, -0.2) is 20.6 Å². The molecule has 0 bridgehead atoms. The minimum absolute atomic E-state index is 0.148. The van der Waals surface area contributed by atoms with Gasteiger partial charge in [0.15, 0.2) is 5.12 Å². The van der Waals surface area contributed by atoms with Crippen molar-refractivity contribution in [2.45, 2.75) is 6.92 Å². The highest BCUT2D eigenvalue weighted by atomic mass is 32.2. The van der Waals surface area contributed by atoms with Crippen LogP contribution < -0.4 is 0 Å². The van der Waals surface area contributed by atoms with Gasteiger partial charge in [-0.15, -0.1) is 0 Å². The molecule has 0 spiro atoms. The van der Waals surface area contributed by atoms with E-state index in [0.29, 0.717) is 0 Å². The van der Waals surface area contributed by atoms with E-state index >= 15 is 0 Å². The van der Waals surface area contributed by atoms with Crippen molar-refractivity contribution < 1.29 is 4.79 Å². The molecule has 3 nitrogen and oxygen atoms in total. The Morgan fingerprint density at radius 2 is 2.54 bits per heavy atom. The molecule has 0 amide bonds. The van der Waals surface area contributed by atoms with E-state index in [1.165, 1.54) is 11.8 Å². The highest BCUT2D eigenvalue weighted by Crippen LogP contribution is 2.04. The highest BCUT2D eigenvalue weighted by molar-refractivity contribution is 8.13. The number of carbonyl (C=O) groups excluding carboxylic acids is 1. The third-order valence-corrected chi connectivity index (χ3v) is 2.30. The summed E-state index contributed by atoms with van der Waals surface area (Å²) < 4.78 is 1.79. The van der Waals surface area contributed by atoms with Crippen LogP contribution in [0.4, 0.5) is 0 Å². The van der Waals surface area contributed by atoms with E-state index < -0.39 is 0 Å². The molecule has 0 aliphatic rings. The molecule has 0 aromatic carbocycles. The Bertz CT molecular complexity index is 317. The van der Waals surface area contributed by atoms with Gasteiger partial charge >= 0.3 is 0 Å². The Balaban J connectivity index is 2.41. The van der Waals surface area contributed by atoms with Gasteiger partial charge in [-0.05, 0) is 12.1 Å². The van der Waals surface area contributed by atoms with Crippen LogP contribution in [0.15, 0.2) is 18.3 Å². The second kappa shape index (κ2) is 4.87. The van der Waals surface area contributed by atoms with Gasteiger partial charge in [-0.3, -0.25) is 9.48 Å². The molecule has 1 rings (SSSR count). The third kappa shape index (κ3) is 3.46. The molecular weight excluding hydrogens is 184 g/mol. The van der Waals surface area contributed by atoms with Gasteiger partial charge in [0.05, 0.1) is 5.69 Å². The van der Waals surface area contributed by atoms with Gasteiger partial charge in [0.2, 0.25) is 0 Å². The lowest BCUT2D eigenvalue weighted by Gasteiger charge is -1.93. The van der Waals surface area contributed by atoms with E-state index in [4.69, 9.17) is 0 Å². The van der Waals surface area contributed by atoms with E-state index in [1.54, 1.807) is 17.8 Å². The van der Waals surface area contributed by atoms with Crippen LogP contribution >= 0.6 is 11.8 Å². The Morgan fingerprint density at radius 3 is 3.08 bits per heavy atom. The number of carbonyl (C=O) groups is 1. The second-order valence-corrected chi connectivity index (χ2v) is 3.78. The zero-order valence-electron chi connectivity index (χ0n) is 7.73. The zero-order valence-corrected chi connectivity index (χ0v) is 8.54. The standard InChI is InChI=1S/C9H12N2OS/c1-8(12)13-7-3-4-9-5-6-10-11(9)2/h3-6H,7H2,1-2H3. The predicted molar refractivity (Wildman–Crippen MR) is 55.4 cm³/mol. The first-order valence-electron chi connectivity index (χ1n) is 3.98. The van der Waals surface area contributed by atoms with Crippen LogP contribution in [-0.2, 0) is 11.8 Å². The summed E-state index contributed by atoms with van der Waals surface area (Å²) in [4.78, 5) is 10.6.